The number of aromatic nitrogens is 1. The third kappa shape index (κ3) is 3.67. The van der Waals surface area contributed by atoms with Crippen molar-refractivity contribution in [1.82, 2.24) is 15.2 Å². The van der Waals surface area contributed by atoms with Gasteiger partial charge in [0.15, 0.2) is 0 Å². The fourth-order valence-electron chi connectivity index (χ4n) is 3.46. The number of imide groups is 2. The monoisotopic (exact) mass is 407 g/mol. The van der Waals surface area contributed by atoms with E-state index >= 15 is 0 Å². The standard InChI is InChI=1S/C22H18FN3O4/c1-13-17(12-18-20(27)24-22(29)25-21(18)28)16-4-2-3-5-19(16)26(13)10-11-30-15-8-6-14(23)7-9-15/h2-9,12H,10-11H2,1H3,(H2,24,25,27,28,29). The molecular weight excluding hydrogens is 389 g/mol. The summed E-state index contributed by atoms with van der Waals surface area (Å²) in [5.41, 5.74) is 2.33. The first-order valence-electron chi connectivity index (χ1n) is 9.28. The molecule has 0 bridgehead atoms. The third-order valence-electron chi connectivity index (χ3n) is 4.91. The van der Waals surface area contributed by atoms with E-state index in [1.165, 1.54) is 18.2 Å². The van der Waals surface area contributed by atoms with Gasteiger partial charge in [-0.25, -0.2) is 9.18 Å². The zero-order valence-electron chi connectivity index (χ0n) is 16.1. The molecule has 0 unspecified atom stereocenters. The second kappa shape index (κ2) is 7.82. The van der Waals surface area contributed by atoms with E-state index in [1.54, 1.807) is 12.1 Å². The molecule has 2 aromatic carbocycles. The quantitative estimate of drug-likeness (QED) is 0.503. The van der Waals surface area contributed by atoms with Gasteiger partial charge in [-0.15, -0.1) is 0 Å². The zero-order valence-corrected chi connectivity index (χ0v) is 16.1. The van der Waals surface area contributed by atoms with E-state index in [-0.39, 0.29) is 11.4 Å². The molecule has 1 fully saturated rings. The molecule has 8 heteroatoms. The van der Waals surface area contributed by atoms with E-state index in [1.807, 2.05) is 35.8 Å². The first-order chi connectivity index (χ1) is 14.4. The molecule has 3 aromatic rings. The summed E-state index contributed by atoms with van der Waals surface area (Å²) in [5, 5.41) is 5.02. The fraction of sp³-hybridized carbons (Fsp3) is 0.136. The second-order valence-electron chi connectivity index (χ2n) is 6.77. The Morgan fingerprint density at radius 2 is 1.67 bits per heavy atom. The summed E-state index contributed by atoms with van der Waals surface area (Å²) >= 11 is 0. The van der Waals surface area contributed by atoms with Crippen LogP contribution in [0.25, 0.3) is 17.0 Å². The van der Waals surface area contributed by atoms with Crippen LogP contribution in [0.15, 0.2) is 54.1 Å². The summed E-state index contributed by atoms with van der Waals surface area (Å²) < 4.78 is 20.8. The molecule has 7 nitrogen and oxygen atoms in total. The molecule has 1 aliphatic heterocycles. The number of nitrogens with one attached hydrogen (secondary N) is 2. The molecule has 2 N–H and O–H groups in total. The van der Waals surface area contributed by atoms with Gasteiger partial charge in [-0.2, -0.15) is 0 Å². The summed E-state index contributed by atoms with van der Waals surface area (Å²) in [5.74, 6) is -1.24. The van der Waals surface area contributed by atoms with Crippen molar-refractivity contribution in [1.29, 1.82) is 0 Å². The van der Waals surface area contributed by atoms with Gasteiger partial charge in [0.25, 0.3) is 11.8 Å². The summed E-state index contributed by atoms with van der Waals surface area (Å²) in [7, 11) is 0. The van der Waals surface area contributed by atoms with Gasteiger partial charge in [0.2, 0.25) is 0 Å². The summed E-state index contributed by atoms with van der Waals surface area (Å²) in [4.78, 5) is 35.5. The Balaban J connectivity index is 1.65. The van der Waals surface area contributed by atoms with Crippen molar-refractivity contribution in [3.8, 4) is 5.75 Å². The van der Waals surface area contributed by atoms with Crippen molar-refractivity contribution >= 4 is 34.8 Å². The zero-order chi connectivity index (χ0) is 21.3. The first-order valence-corrected chi connectivity index (χ1v) is 9.28. The number of hydrogen-bond acceptors (Lipinski definition) is 4. The van der Waals surface area contributed by atoms with Gasteiger partial charge in [-0.1, -0.05) is 18.2 Å². The molecule has 1 aliphatic rings. The Labute approximate surface area is 171 Å². The average Bonchev–Trinajstić information content (AvgIpc) is 2.97. The van der Waals surface area contributed by atoms with Crippen LogP contribution in [-0.4, -0.2) is 29.0 Å². The molecule has 0 radical (unpaired) electrons. The maximum atomic E-state index is 13.0. The van der Waals surface area contributed by atoms with Crippen LogP contribution in [0.1, 0.15) is 11.3 Å². The molecule has 1 saturated heterocycles. The molecule has 4 rings (SSSR count). The predicted molar refractivity (Wildman–Crippen MR) is 108 cm³/mol. The number of barbiturate groups is 1. The Hall–Kier alpha value is -3.94. The number of hydrogen-bond donors (Lipinski definition) is 2. The van der Waals surface area contributed by atoms with Gasteiger partial charge < -0.3 is 9.30 Å². The van der Waals surface area contributed by atoms with Crippen molar-refractivity contribution in [2.75, 3.05) is 6.61 Å². The number of rotatable bonds is 5. The Kier molecular flexibility index (Phi) is 5.05. The Morgan fingerprint density at radius 3 is 2.37 bits per heavy atom. The van der Waals surface area contributed by atoms with Crippen LogP contribution in [0, 0.1) is 12.7 Å². The van der Waals surface area contributed by atoms with Crippen molar-refractivity contribution in [2.24, 2.45) is 0 Å². The smallest absolute Gasteiger partial charge is 0.328 e. The highest BCUT2D eigenvalue weighted by Crippen LogP contribution is 2.28. The lowest BCUT2D eigenvalue weighted by molar-refractivity contribution is -0.123. The largest absolute Gasteiger partial charge is 0.492 e. The van der Waals surface area contributed by atoms with Crippen LogP contribution in [0.2, 0.25) is 0 Å². The SMILES string of the molecule is Cc1c(C=C2C(=O)NC(=O)NC2=O)c2ccccc2n1CCOc1ccc(F)cc1. The number of fused-ring (bicyclic) bond motifs is 1. The van der Waals surface area contributed by atoms with Crippen LogP contribution in [0.5, 0.6) is 5.75 Å². The number of para-hydroxylation sites is 1. The van der Waals surface area contributed by atoms with E-state index in [0.717, 1.165) is 16.6 Å². The lowest BCUT2D eigenvalue weighted by Gasteiger charge is -2.14. The van der Waals surface area contributed by atoms with Crippen molar-refractivity contribution in [2.45, 2.75) is 13.5 Å². The molecule has 0 atom stereocenters. The number of urea groups is 1. The van der Waals surface area contributed by atoms with Crippen molar-refractivity contribution < 1.29 is 23.5 Å². The van der Waals surface area contributed by atoms with Crippen LogP contribution < -0.4 is 15.4 Å². The predicted octanol–water partition coefficient (Wildman–Crippen LogP) is 2.92. The van der Waals surface area contributed by atoms with Crippen LogP contribution in [0.4, 0.5) is 9.18 Å². The third-order valence-corrected chi connectivity index (χ3v) is 4.91. The van der Waals surface area contributed by atoms with Crippen molar-refractivity contribution in [3.05, 3.63) is 71.2 Å². The average molecular weight is 407 g/mol. The van der Waals surface area contributed by atoms with Gasteiger partial charge >= 0.3 is 6.03 Å². The molecule has 152 valence electrons. The molecule has 4 amide bonds. The molecular formula is C22H18FN3O4. The van der Waals surface area contributed by atoms with Crippen LogP contribution >= 0.6 is 0 Å². The van der Waals surface area contributed by atoms with Gasteiger partial charge in [0.05, 0.1) is 6.54 Å². The number of halogens is 1. The molecule has 0 aliphatic carbocycles. The molecule has 0 spiro atoms. The number of amides is 4. The minimum absolute atomic E-state index is 0.136. The van der Waals surface area contributed by atoms with Gasteiger partial charge in [0.1, 0.15) is 23.7 Å². The Bertz CT molecular complexity index is 1170. The lowest BCUT2D eigenvalue weighted by atomic mass is 10.1. The van der Waals surface area contributed by atoms with E-state index < -0.39 is 17.8 Å². The van der Waals surface area contributed by atoms with E-state index in [4.69, 9.17) is 4.74 Å². The van der Waals surface area contributed by atoms with E-state index in [9.17, 15) is 18.8 Å². The maximum Gasteiger partial charge on any atom is 0.328 e. The fourth-order valence-corrected chi connectivity index (χ4v) is 3.46. The summed E-state index contributed by atoms with van der Waals surface area (Å²) in [6.45, 7) is 2.73. The normalized spacial score (nSPS) is 13.9. The Morgan fingerprint density at radius 1 is 1.00 bits per heavy atom. The second-order valence-corrected chi connectivity index (χ2v) is 6.77. The molecule has 1 aromatic heterocycles. The van der Waals surface area contributed by atoms with Gasteiger partial charge in [-0.05, 0) is 43.3 Å². The van der Waals surface area contributed by atoms with Gasteiger partial charge in [0, 0.05) is 22.2 Å². The minimum Gasteiger partial charge on any atom is -0.492 e. The topological polar surface area (TPSA) is 89.4 Å². The van der Waals surface area contributed by atoms with Crippen molar-refractivity contribution in [3.63, 3.8) is 0 Å². The minimum atomic E-state index is -0.834. The number of benzene rings is 2. The lowest BCUT2D eigenvalue weighted by Crippen LogP contribution is -2.51. The summed E-state index contributed by atoms with van der Waals surface area (Å²) in [6, 6.07) is 12.6. The van der Waals surface area contributed by atoms with E-state index in [2.05, 4.69) is 10.6 Å². The highest BCUT2D eigenvalue weighted by atomic mass is 19.1. The van der Waals surface area contributed by atoms with Gasteiger partial charge in [-0.3, -0.25) is 20.2 Å². The molecule has 2 heterocycles. The summed E-state index contributed by atoms with van der Waals surface area (Å²) in [6.07, 6.45) is 1.49. The van der Waals surface area contributed by atoms with E-state index in [0.29, 0.717) is 24.5 Å². The number of carbonyl (C=O) groups excluding carboxylic acids is 3. The molecule has 30 heavy (non-hydrogen) atoms. The van der Waals surface area contributed by atoms with Crippen LogP contribution in [0.3, 0.4) is 0 Å². The first kappa shape index (κ1) is 19.4. The number of ether oxygens (including phenoxy) is 1. The highest BCUT2D eigenvalue weighted by Gasteiger charge is 2.28. The number of carbonyl (C=O) groups is 3. The highest BCUT2D eigenvalue weighted by molar-refractivity contribution is 6.31. The maximum absolute atomic E-state index is 13.0. The van der Waals surface area contributed by atoms with Crippen LogP contribution in [-0.2, 0) is 16.1 Å². The number of nitrogens with zero attached hydrogens (tertiary/aromatic N) is 1. The molecule has 0 saturated carbocycles.